The second kappa shape index (κ2) is 3.85. The van der Waals surface area contributed by atoms with E-state index >= 15 is 0 Å². The van der Waals surface area contributed by atoms with Crippen LogP contribution in [-0.4, -0.2) is 25.8 Å². The van der Waals surface area contributed by atoms with Gasteiger partial charge in [-0.05, 0) is 20.4 Å². The quantitative estimate of drug-likeness (QED) is 0.615. The lowest BCUT2D eigenvalue weighted by molar-refractivity contribution is 0.0238. The summed E-state index contributed by atoms with van der Waals surface area (Å²) in [4.78, 5) is 0. The second-order valence-corrected chi connectivity index (χ2v) is 2.74. The zero-order chi connectivity index (χ0) is 7.33. The summed E-state index contributed by atoms with van der Waals surface area (Å²) in [6.07, 6.45) is 0. The molecule has 2 heteroatoms. The van der Waals surface area contributed by atoms with Crippen LogP contribution in [0.4, 0.5) is 0 Å². The fourth-order valence-corrected chi connectivity index (χ4v) is 0.498. The zero-order valence-corrected chi connectivity index (χ0v) is 6.82. The van der Waals surface area contributed by atoms with E-state index in [9.17, 15) is 0 Å². The number of methoxy groups -OCH3 is 1. The van der Waals surface area contributed by atoms with Crippen LogP contribution in [0, 0.1) is 0 Å². The second-order valence-electron chi connectivity index (χ2n) is 2.74. The third-order valence-electron chi connectivity index (χ3n) is 1.35. The molecule has 0 heterocycles. The third-order valence-corrected chi connectivity index (χ3v) is 1.35. The minimum absolute atomic E-state index is 0.0178. The number of hydrogen-bond acceptors (Lipinski definition) is 2. The van der Waals surface area contributed by atoms with Gasteiger partial charge in [-0.15, -0.1) is 0 Å². The molecule has 0 aromatic rings. The van der Waals surface area contributed by atoms with Crippen LogP contribution in [0.2, 0.25) is 0 Å². The van der Waals surface area contributed by atoms with Gasteiger partial charge < -0.3 is 10.1 Å². The van der Waals surface area contributed by atoms with E-state index < -0.39 is 0 Å². The van der Waals surface area contributed by atoms with Gasteiger partial charge in [0.1, 0.15) is 0 Å². The average molecular weight is 131 g/mol. The Balaban J connectivity index is 3.33. The molecule has 0 aliphatic carbocycles. The highest BCUT2D eigenvalue weighted by Gasteiger charge is 2.13. The summed E-state index contributed by atoms with van der Waals surface area (Å²) in [5.74, 6) is 0. The van der Waals surface area contributed by atoms with Crippen molar-refractivity contribution in [2.75, 3.05) is 20.2 Å². The van der Waals surface area contributed by atoms with Gasteiger partial charge in [-0.25, -0.2) is 0 Å². The van der Waals surface area contributed by atoms with Crippen molar-refractivity contribution in [3.8, 4) is 0 Å². The molecule has 0 bridgehead atoms. The van der Waals surface area contributed by atoms with Crippen molar-refractivity contribution in [1.29, 1.82) is 0 Å². The van der Waals surface area contributed by atoms with Gasteiger partial charge >= 0.3 is 0 Å². The highest BCUT2D eigenvalue weighted by molar-refractivity contribution is 4.69. The molecular formula is C7H17NO. The molecule has 9 heavy (non-hydrogen) atoms. The van der Waals surface area contributed by atoms with Crippen LogP contribution in [0.15, 0.2) is 0 Å². The van der Waals surface area contributed by atoms with Crippen LogP contribution in [0.25, 0.3) is 0 Å². The number of hydrogen-bond donors (Lipinski definition) is 1. The van der Waals surface area contributed by atoms with Gasteiger partial charge in [-0.2, -0.15) is 0 Å². The minimum atomic E-state index is -0.0178. The molecule has 0 unspecified atom stereocenters. The molecule has 0 aromatic heterocycles. The molecule has 0 aromatic carbocycles. The van der Waals surface area contributed by atoms with Crippen LogP contribution in [-0.2, 0) is 4.74 Å². The highest BCUT2D eigenvalue weighted by atomic mass is 16.5. The van der Waals surface area contributed by atoms with Crippen LogP contribution in [0.5, 0.6) is 0 Å². The molecular weight excluding hydrogens is 114 g/mol. The molecule has 0 atom stereocenters. The first kappa shape index (κ1) is 8.92. The number of likely N-dealkylation sites (N-methyl/N-ethyl adjacent to an activating group) is 1. The van der Waals surface area contributed by atoms with Crippen molar-refractivity contribution in [2.45, 2.75) is 26.4 Å². The summed E-state index contributed by atoms with van der Waals surface area (Å²) < 4.78 is 5.18. The topological polar surface area (TPSA) is 21.3 Å². The van der Waals surface area contributed by atoms with E-state index in [-0.39, 0.29) is 5.60 Å². The van der Waals surface area contributed by atoms with Crippen LogP contribution < -0.4 is 5.32 Å². The molecule has 0 saturated heterocycles. The van der Waals surface area contributed by atoms with Crippen LogP contribution in [0.1, 0.15) is 20.8 Å². The summed E-state index contributed by atoms with van der Waals surface area (Å²) in [6, 6.07) is 0. The fourth-order valence-electron chi connectivity index (χ4n) is 0.498. The normalized spacial score (nSPS) is 12.0. The Morgan fingerprint density at radius 2 is 2.00 bits per heavy atom. The third kappa shape index (κ3) is 4.43. The Bertz CT molecular complexity index is 71.3. The first-order valence-corrected chi connectivity index (χ1v) is 3.38. The Kier molecular flexibility index (Phi) is 3.82. The molecule has 0 amide bonds. The summed E-state index contributed by atoms with van der Waals surface area (Å²) >= 11 is 0. The maximum atomic E-state index is 5.18. The predicted molar refractivity (Wildman–Crippen MR) is 39.6 cm³/mol. The van der Waals surface area contributed by atoms with Crippen molar-refractivity contribution < 1.29 is 4.74 Å². The van der Waals surface area contributed by atoms with Gasteiger partial charge in [-0.3, -0.25) is 0 Å². The molecule has 0 radical (unpaired) electrons. The van der Waals surface area contributed by atoms with Gasteiger partial charge in [0.25, 0.3) is 0 Å². The van der Waals surface area contributed by atoms with Gasteiger partial charge in [-0.1, -0.05) is 6.92 Å². The molecule has 0 fully saturated rings. The van der Waals surface area contributed by atoms with Gasteiger partial charge in [0.2, 0.25) is 0 Å². The zero-order valence-electron chi connectivity index (χ0n) is 6.82. The van der Waals surface area contributed by atoms with E-state index in [0.29, 0.717) is 0 Å². The first-order chi connectivity index (χ1) is 4.12. The molecule has 0 saturated carbocycles. The summed E-state index contributed by atoms with van der Waals surface area (Å²) in [5, 5.41) is 3.21. The van der Waals surface area contributed by atoms with E-state index in [1.54, 1.807) is 7.11 Å². The number of ether oxygens (including phenoxy) is 1. The van der Waals surface area contributed by atoms with E-state index in [4.69, 9.17) is 4.74 Å². The Labute approximate surface area is 57.6 Å². The summed E-state index contributed by atoms with van der Waals surface area (Å²) in [6.45, 7) is 8.14. The van der Waals surface area contributed by atoms with Gasteiger partial charge in [0, 0.05) is 13.7 Å². The molecule has 0 spiro atoms. The largest absolute Gasteiger partial charge is 0.377 e. The van der Waals surface area contributed by atoms with Gasteiger partial charge in [0.05, 0.1) is 5.60 Å². The van der Waals surface area contributed by atoms with Crippen LogP contribution in [0.3, 0.4) is 0 Å². The van der Waals surface area contributed by atoms with E-state index in [2.05, 4.69) is 26.1 Å². The molecule has 1 N–H and O–H groups in total. The smallest absolute Gasteiger partial charge is 0.0746 e. The standard InChI is InChI=1S/C7H17NO/c1-5-8-6-7(2,3)9-4/h8H,5-6H2,1-4H3. The lowest BCUT2D eigenvalue weighted by Gasteiger charge is -2.22. The van der Waals surface area contributed by atoms with Crippen molar-refractivity contribution >= 4 is 0 Å². The monoisotopic (exact) mass is 131 g/mol. The maximum absolute atomic E-state index is 5.18. The predicted octanol–water partition coefficient (Wildman–Crippen LogP) is 1.02. The molecule has 0 aliphatic heterocycles. The SMILES string of the molecule is CCNCC(C)(C)OC. The van der Waals surface area contributed by atoms with Crippen LogP contribution >= 0.6 is 0 Å². The van der Waals surface area contributed by atoms with Crippen molar-refractivity contribution in [1.82, 2.24) is 5.32 Å². The molecule has 2 nitrogen and oxygen atoms in total. The lowest BCUT2D eigenvalue weighted by atomic mass is 10.1. The summed E-state index contributed by atoms with van der Waals surface area (Å²) in [7, 11) is 1.73. The first-order valence-electron chi connectivity index (χ1n) is 3.38. The van der Waals surface area contributed by atoms with Crippen molar-refractivity contribution in [2.24, 2.45) is 0 Å². The van der Waals surface area contributed by atoms with Crippen molar-refractivity contribution in [3.05, 3.63) is 0 Å². The Hall–Kier alpha value is -0.0800. The fraction of sp³-hybridized carbons (Fsp3) is 1.00. The summed E-state index contributed by atoms with van der Waals surface area (Å²) in [5.41, 5.74) is -0.0178. The average Bonchev–Trinajstić information content (AvgIpc) is 1.84. The maximum Gasteiger partial charge on any atom is 0.0746 e. The Morgan fingerprint density at radius 1 is 1.44 bits per heavy atom. The number of rotatable bonds is 4. The lowest BCUT2D eigenvalue weighted by Crippen LogP contribution is -2.36. The number of nitrogens with one attached hydrogen (secondary N) is 1. The van der Waals surface area contributed by atoms with E-state index in [1.807, 2.05) is 0 Å². The van der Waals surface area contributed by atoms with E-state index in [1.165, 1.54) is 0 Å². The van der Waals surface area contributed by atoms with E-state index in [0.717, 1.165) is 13.1 Å². The highest BCUT2D eigenvalue weighted by Crippen LogP contribution is 2.03. The van der Waals surface area contributed by atoms with Crippen molar-refractivity contribution in [3.63, 3.8) is 0 Å². The minimum Gasteiger partial charge on any atom is -0.377 e. The van der Waals surface area contributed by atoms with Gasteiger partial charge in [0.15, 0.2) is 0 Å². The molecule has 0 rings (SSSR count). The molecule has 0 aliphatic rings. The Morgan fingerprint density at radius 3 is 2.33 bits per heavy atom. The molecule has 56 valence electrons.